The molecule has 2 aliphatic heterocycles. The number of fused-ring (bicyclic) bond motifs is 14. The van der Waals surface area contributed by atoms with Gasteiger partial charge in [0.1, 0.15) is 0 Å². The van der Waals surface area contributed by atoms with Crippen molar-refractivity contribution < 1.29 is 83.7 Å². The van der Waals surface area contributed by atoms with Gasteiger partial charge in [-0.1, -0.05) is 186 Å². The predicted molar refractivity (Wildman–Crippen MR) is 267 cm³/mol. The molecule has 71 heavy (non-hydrogen) atoms. The van der Waals surface area contributed by atoms with Gasteiger partial charge in [0.25, 0.3) is 0 Å². The molecule has 370 valence electrons. The van der Waals surface area contributed by atoms with Crippen molar-refractivity contribution in [2.24, 2.45) is 0 Å². The summed E-state index contributed by atoms with van der Waals surface area (Å²) in [5.41, 5.74) is 0.509. The van der Waals surface area contributed by atoms with E-state index in [1.807, 2.05) is 0 Å². The van der Waals surface area contributed by atoms with Gasteiger partial charge in [-0.15, -0.1) is 0 Å². The maximum absolute atomic E-state index is 10.7. The summed E-state index contributed by atoms with van der Waals surface area (Å²) < 4.78 is 118. The first kappa shape index (κ1) is 55.2. The molecule has 0 unspecified atom stereocenters. The Labute approximate surface area is 421 Å². The number of benzene rings is 9. The standard InChI is InChI=1S/C50H36P2.2CHF3O3S.2H2O.Pd/c1-5-15-41-33(11-1)21-25-37-29-51(30-38-26-22-34-12-2-6-16-42(34)48(38)47(37)41)45-19-9-10-20-46(45)52-31-39-27-23-35-13-3-7-17-43(35)49(39)50-40(32-52)28-24-36-14-4-8-18-44(36)50;2*2-1(3,4)8(5,6)7;;;/h1-28H,29-32H2;2*(H,5,6,7);2*1H2;/q;;;;;+2/p-2. The Morgan fingerprint density at radius 3 is 0.761 bits per heavy atom. The van der Waals surface area contributed by atoms with Crippen LogP contribution in [0.3, 0.4) is 0 Å². The van der Waals surface area contributed by atoms with Crippen LogP contribution in [0.1, 0.15) is 22.3 Å². The van der Waals surface area contributed by atoms with Crippen LogP contribution in [0.5, 0.6) is 0 Å². The minimum Gasteiger partial charge on any atom is -0.741 e. The predicted octanol–water partition coefficient (Wildman–Crippen LogP) is 11.7. The van der Waals surface area contributed by atoms with Gasteiger partial charge >= 0.3 is 31.4 Å². The first-order valence-electron chi connectivity index (χ1n) is 20.9. The van der Waals surface area contributed by atoms with Crippen LogP contribution in [0.25, 0.3) is 65.3 Å². The Hall–Kier alpha value is -5.14. The summed E-state index contributed by atoms with van der Waals surface area (Å²) in [5.74, 6) is 0. The van der Waals surface area contributed by atoms with Gasteiger partial charge in [-0.25, -0.2) is 16.8 Å². The maximum atomic E-state index is 10.7. The van der Waals surface area contributed by atoms with Crippen molar-refractivity contribution in [1.29, 1.82) is 0 Å². The molecule has 19 heteroatoms. The van der Waals surface area contributed by atoms with E-state index in [1.165, 1.54) is 87.6 Å². The monoisotopic (exact) mass is 1140 g/mol. The molecule has 0 amide bonds. The van der Waals surface area contributed by atoms with E-state index in [2.05, 4.69) is 170 Å². The van der Waals surface area contributed by atoms with Gasteiger partial charge < -0.3 is 20.1 Å². The van der Waals surface area contributed by atoms with E-state index in [-0.39, 0.29) is 31.4 Å². The fourth-order valence-corrected chi connectivity index (χ4v) is 15.1. The van der Waals surface area contributed by atoms with E-state index in [1.54, 1.807) is 10.6 Å². The maximum Gasteiger partial charge on any atom is 2.00 e. The third-order valence-corrected chi connectivity index (χ3v) is 18.5. The molecule has 8 nitrogen and oxygen atoms in total. The smallest absolute Gasteiger partial charge is 0.741 e. The van der Waals surface area contributed by atoms with Crippen LogP contribution < -0.4 is 10.6 Å². The van der Waals surface area contributed by atoms with Crippen LogP contribution in [0.4, 0.5) is 26.3 Å². The molecule has 0 aromatic heterocycles. The van der Waals surface area contributed by atoms with Crippen LogP contribution in [-0.2, 0) is 65.3 Å². The quantitative estimate of drug-likeness (QED) is 0.0547. The van der Waals surface area contributed by atoms with Crippen molar-refractivity contribution in [2.45, 2.75) is 35.7 Å². The number of halogens is 6. The molecule has 11 rings (SSSR count). The Kier molecular flexibility index (Phi) is 16.7. The van der Waals surface area contributed by atoms with Crippen molar-refractivity contribution in [3.05, 3.63) is 192 Å². The van der Waals surface area contributed by atoms with Gasteiger partial charge in [0.2, 0.25) is 0 Å². The Morgan fingerprint density at radius 2 is 0.549 bits per heavy atom. The van der Waals surface area contributed by atoms with Crippen LogP contribution in [0, 0.1) is 0 Å². The normalized spacial score (nSPS) is 13.7. The summed E-state index contributed by atoms with van der Waals surface area (Å²) in [6.07, 6.45) is 4.39. The summed E-state index contributed by atoms with van der Waals surface area (Å²) in [5, 5.41) is 14.0. The first-order valence-corrected chi connectivity index (χ1v) is 27.2. The molecule has 4 N–H and O–H groups in total. The molecule has 0 saturated carbocycles. The topological polar surface area (TPSA) is 177 Å². The zero-order valence-electron chi connectivity index (χ0n) is 36.7. The second-order valence-electron chi connectivity index (χ2n) is 16.3. The molecular weight excluding hydrogens is 1100 g/mol. The van der Waals surface area contributed by atoms with Gasteiger partial charge in [-0.2, -0.15) is 26.3 Å². The van der Waals surface area contributed by atoms with E-state index in [0.29, 0.717) is 0 Å². The first-order chi connectivity index (χ1) is 32.3. The van der Waals surface area contributed by atoms with Crippen molar-refractivity contribution >= 4 is 89.8 Å². The third kappa shape index (κ3) is 11.1. The summed E-state index contributed by atoms with van der Waals surface area (Å²) in [7, 11) is -13.2. The van der Waals surface area contributed by atoms with Crippen molar-refractivity contribution in [3.8, 4) is 22.3 Å². The molecule has 0 fully saturated rings. The third-order valence-electron chi connectivity index (χ3n) is 12.1. The minimum absolute atomic E-state index is 0. The van der Waals surface area contributed by atoms with E-state index in [0.717, 1.165) is 24.6 Å². The number of rotatable bonds is 2. The molecule has 0 radical (unpaired) electrons. The molecule has 0 bridgehead atoms. The van der Waals surface area contributed by atoms with E-state index < -0.39 is 47.1 Å². The van der Waals surface area contributed by atoms with Crippen molar-refractivity contribution in [1.82, 2.24) is 0 Å². The SMILES string of the molecule is O.O.O=S(=O)([O-])C(F)(F)F.O=S(=O)([O-])C(F)(F)F.[Pd+2].c1ccc(P2Cc3ccc4ccccc4c3-c3c(ccc4ccccc34)C2)c(P2Cc3ccc4ccccc4c3-c3c(ccc4ccccc34)C2)c1. The number of alkyl halides is 6. The summed E-state index contributed by atoms with van der Waals surface area (Å²) >= 11 is 0. The van der Waals surface area contributed by atoms with Gasteiger partial charge in [-0.05, 0) is 123 Å². The molecule has 0 atom stereocenters. The van der Waals surface area contributed by atoms with Gasteiger partial charge in [0, 0.05) is 0 Å². The average Bonchev–Trinajstić information content (AvgIpc) is 3.60. The second-order valence-corrected chi connectivity index (χ2v) is 23.4. The zero-order chi connectivity index (χ0) is 48.2. The molecular formula is C52H40F6O8P2PdS2. The Balaban J connectivity index is 0.000000378. The van der Waals surface area contributed by atoms with Crippen LogP contribution in [-0.4, -0.2) is 47.9 Å². The van der Waals surface area contributed by atoms with E-state index in [9.17, 15) is 26.3 Å². The molecule has 0 aliphatic carbocycles. The molecule has 9 aromatic rings. The van der Waals surface area contributed by atoms with Gasteiger partial charge in [0.15, 0.2) is 20.2 Å². The Morgan fingerprint density at radius 1 is 0.352 bits per heavy atom. The van der Waals surface area contributed by atoms with Gasteiger partial charge in [0.05, 0.1) is 0 Å². The number of hydrogen-bond donors (Lipinski definition) is 0. The fraction of sp³-hybridized carbons (Fsp3) is 0.115. The van der Waals surface area contributed by atoms with Crippen LogP contribution in [0.15, 0.2) is 170 Å². The molecule has 9 aromatic carbocycles. The molecule has 2 aliphatic rings. The molecule has 0 spiro atoms. The molecule has 2 heterocycles. The number of hydrogen-bond acceptors (Lipinski definition) is 6. The largest absolute Gasteiger partial charge is 2.00 e. The van der Waals surface area contributed by atoms with E-state index in [4.69, 9.17) is 25.9 Å². The van der Waals surface area contributed by atoms with Gasteiger partial charge in [-0.3, -0.25) is 0 Å². The zero-order valence-corrected chi connectivity index (χ0v) is 41.7. The second kappa shape index (κ2) is 21.5. The van der Waals surface area contributed by atoms with Crippen molar-refractivity contribution in [3.63, 3.8) is 0 Å². The van der Waals surface area contributed by atoms with Crippen LogP contribution in [0.2, 0.25) is 0 Å². The fourth-order valence-electron chi connectivity index (χ4n) is 9.25. The van der Waals surface area contributed by atoms with E-state index >= 15 is 0 Å². The summed E-state index contributed by atoms with van der Waals surface area (Å²) in [6, 6.07) is 64.9. The summed E-state index contributed by atoms with van der Waals surface area (Å²) in [6.45, 7) is 0. The summed E-state index contributed by atoms with van der Waals surface area (Å²) in [4.78, 5) is 0. The minimum atomic E-state index is -6.09. The molecule has 0 saturated heterocycles. The van der Waals surface area contributed by atoms with Crippen LogP contribution >= 0.6 is 15.8 Å². The van der Waals surface area contributed by atoms with Crippen molar-refractivity contribution in [2.75, 3.05) is 0 Å². The Bertz CT molecular complexity index is 3260. The average molecular weight is 1140 g/mol.